The molecule has 5 rings (SSSR count). The largest absolute Gasteiger partial charge is 0.360 e. The summed E-state index contributed by atoms with van der Waals surface area (Å²) < 4.78 is 2.26. The maximum Gasteiger partial charge on any atom is 0.192 e. The number of hydrogen-bond donors (Lipinski definition) is 1. The fourth-order valence-electron chi connectivity index (χ4n) is 3.50. The maximum atomic E-state index is 12.0. The molecule has 3 aromatic rings. The minimum Gasteiger partial charge on any atom is -0.360 e. The van der Waals surface area contributed by atoms with Crippen molar-refractivity contribution in [1.29, 1.82) is 0 Å². The van der Waals surface area contributed by atoms with Crippen LogP contribution in [0.3, 0.4) is 0 Å². The van der Waals surface area contributed by atoms with Gasteiger partial charge >= 0.3 is 0 Å². The van der Waals surface area contributed by atoms with Crippen molar-refractivity contribution >= 4 is 28.4 Å². The van der Waals surface area contributed by atoms with Crippen molar-refractivity contribution in [2.24, 2.45) is 0 Å². The van der Waals surface area contributed by atoms with Crippen LogP contribution in [-0.4, -0.2) is 30.8 Å². The lowest BCUT2D eigenvalue weighted by Crippen LogP contribution is -2.10. The summed E-state index contributed by atoms with van der Waals surface area (Å²) >= 11 is 1.61. The molecule has 0 unspecified atom stereocenters. The van der Waals surface area contributed by atoms with Gasteiger partial charge in [-0.3, -0.25) is 9.36 Å². The molecule has 2 heterocycles. The lowest BCUT2D eigenvalue weighted by atomic mass is 10.1. The van der Waals surface area contributed by atoms with E-state index in [1.807, 2.05) is 18.3 Å². The molecule has 0 amide bonds. The third-order valence-corrected chi connectivity index (χ3v) is 6.18. The molecule has 6 heteroatoms. The van der Waals surface area contributed by atoms with Gasteiger partial charge in [-0.05, 0) is 31.7 Å². The highest BCUT2D eigenvalue weighted by Crippen LogP contribution is 2.43. The van der Waals surface area contributed by atoms with E-state index >= 15 is 0 Å². The quantitative estimate of drug-likeness (QED) is 0.782. The van der Waals surface area contributed by atoms with E-state index in [0.29, 0.717) is 18.2 Å². The molecule has 2 aliphatic rings. The summed E-state index contributed by atoms with van der Waals surface area (Å²) in [7, 11) is 0. The Hall–Kier alpha value is -2.08. The molecule has 0 spiro atoms. The zero-order valence-corrected chi connectivity index (χ0v) is 14.1. The SMILES string of the molecule is O=C1CCC[C@H]1Sc1nnc(-c2c[nH]c3ccccc23)n1C1CC1. The van der Waals surface area contributed by atoms with Gasteiger partial charge in [-0.15, -0.1) is 10.2 Å². The van der Waals surface area contributed by atoms with E-state index in [-0.39, 0.29) is 5.25 Å². The van der Waals surface area contributed by atoms with Gasteiger partial charge < -0.3 is 4.98 Å². The van der Waals surface area contributed by atoms with E-state index in [0.717, 1.165) is 34.9 Å². The van der Waals surface area contributed by atoms with Gasteiger partial charge in [0, 0.05) is 35.1 Å². The molecule has 0 radical (unpaired) electrons. The van der Waals surface area contributed by atoms with Crippen LogP contribution in [0.15, 0.2) is 35.6 Å². The van der Waals surface area contributed by atoms with Gasteiger partial charge in [-0.25, -0.2) is 0 Å². The average molecular weight is 338 g/mol. The van der Waals surface area contributed by atoms with E-state index < -0.39 is 0 Å². The van der Waals surface area contributed by atoms with Gasteiger partial charge in [-0.1, -0.05) is 30.0 Å². The summed E-state index contributed by atoms with van der Waals surface area (Å²) in [5, 5.41) is 11.1. The number of Topliss-reactive ketones (excluding diaryl/α,β-unsaturated/α-hetero) is 1. The Labute approximate surface area is 143 Å². The van der Waals surface area contributed by atoms with Crippen LogP contribution in [0, 0.1) is 0 Å². The van der Waals surface area contributed by atoms with Crippen molar-refractivity contribution < 1.29 is 4.79 Å². The summed E-state index contributed by atoms with van der Waals surface area (Å²) in [6.07, 6.45) is 7.03. The molecule has 2 aliphatic carbocycles. The molecule has 0 bridgehead atoms. The van der Waals surface area contributed by atoms with Crippen molar-refractivity contribution in [3.63, 3.8) is 0 Å². The number of aromatic amines is 1. The predicted molar refractivity (Wildman–Crippen MR) is 94.1 cm³/mol. The highest BCUT2D eigenvalue weighted by Gasteiger charge is 2.34. The van der Waals surface area contributed by atoms with Crippen LogP contribution >= 0.6 is 11.8 Å². The number of carbonyl (C=O) groups is 1. The number of H-pyrrole nitrogens is 1. The molecule has 1 aromatic carbocycles. The number of hydrogen-bond acceptors (Lipinski definition) is 4. The lowest BCUT2D eigenvalue weighted by Gasteiger charge is -2.10. The van der Waals surface area contributed by atoms with Gasteiger partial charge in [0.05, 0.1) is 5.25 Å². The minimum absolute atomic E-state index is 0.0579. The van der Waals surface area contributed by atoms with Crippen molar-refractivity contribution in [3.8, 4) is 11.4 Å². The van der Waals surface area contributed by atoms with Crippen molar-refractivity contribution in [2.45, 2.75) is 48.6 Å². The first-order valence-electron chi connectivity index (χ1n) is 8.52. The number of nitrogens with zero attached hydrogens (tertiary/aromatic N) is 3. The average Bonchev–Trinajstić information content (AvgIpc) is 3.02. The summed E-state index contributed by atoms with van der Waals surface area (Å²) in [6.45, 7) is 0. The monoisotopic (exact) mass is 338 g/mol. The van der Waals surface area contributed by atoms with Gasteiger partial charge in [0.25, 0.3) is 0 Å². The normalized spacial score (nSPS) is 21.0. The molecule has 1 atom stereocenters. The molecule has 2 saturated carbocycles. The zero-order valence-electron chi connectivity index (χ0n) is 13.2. The Balaban J connectivity index is 1.58. The van der Waals surface area contributed by atoms with E-state index in [4.69, 9.17) is 0 Å². The van der Waals surface area contributed by atoms with E-state index in [1.165, 1.54) is 18.2 Å². The second-order valence-corrected chi connectivity index (χ2v) is 7.79. The first-order chi connectivity index (χ1) is 11.8. The standard InChI is InChI=1S/C18H18N4OS/c23-15-6-3-7-16(15)24-18-21-20-17(22(18)11-8-9-11)13-10-19-14-5-2-1-4-12(13)14/h1-2,4-5,10-11,16,19H,3,6-9H2/t16-/m1/s1. The van der Waals surface area contributed by atoms with Crippen LogP contribution in [0.25, 0.3) is 22.3 Å². The number of carbonyl (C=O) groups excluding carboxylic acids is 1. The van der Waals surface area contributed by atoms with Crippen molar-refractivity contribution in [3.05, 3.63) is 30.5 Å². The van der Waals surface area contributed by atoms with Crippen molar-refractivity contribution in [1.82, 2.24) is 19.7 Å². The molecule has 0 aliphatic heterocycles. The number of nitrogens with one attached hydrogen (secondary N) is 1. The summed E-state index contributed by atoms with van der Waals surface area (Å²) in [4.78, 5) is 15.3. The number of rotatable bonds is 4. The Kier molecular flexibility index (Phi) is 3.26. The molecule has 122 valence electrons. The molecule has 2 aromatic heterocycles. The molecular weight excluding hydrogens is 320 g/mol. The van der Waals surface area contributed by atoms with Crippen molar-refractivity contribution in [2.75, 3.05) is 0 Å². The zero-order chi connectivity index (χ0) is 16.1. The molecule has 0 saturated heterocycles. The molecule has 1 N–H and O–H groups in total. The minimum atomic E-state index is 0.0579. The summed E-state index contributed by atoms with van der Waals surface area (Å²) in [5.74, 6) is 1.28. The number of fused-ring (bicyclic) bond motifs is 1. The fraction of sp³-hybridized carbons (Fsp3) is 0.389. The van der Waals surface area contributed by atoms with Gasteiger partial charge in [0.2, 0.25) is 0 Å². The number of ketones is 1. The lowest BCUT2D eigenvalue weighted by molar-refractivity contribution is -0.116. The Morgan fingerprint density at radius 2 is 2.04 bits per heavy atom. The molecule has 2 fully saturated rings. The van der Waals surface area contributed by atoms with Crippen LogP contribution in [0.2, 0.25) is 0 Å². The fourth-order valence-corrected chi connectivity index (χ4v) is 4.72. The third-order valence-electron chi connectivity index (χ3n) is 4.90. The second kappa shape index (κ2) is 5.48. The third kappa shape index (κ3) is 2.28. The molecular formula is C18H18N4OS. The Morgan fingerprint density at radius 1 is 1.17 bits per heavy atom. The van der Waals surface area contributed by atoms with Crippen LogP contribution in [0.4, 0.5) is 0 Å². The summed E-state index contributed by atoms with van der Waals surface area (Å²) in [6, 6.07) is 8.73. The predicted octanol–water partition coefficient (Wildman–Crippen LogP) is 3.98. The topological polar surface area (TPSA) is 63.6 Å². The first kappa shape index (κ1) is 14.3. The second-order valence-electron chi connectivity index (χ2n) is 6.62. The van der Waals surface area contributed by atoms with Crippen LogP contribution in [0.5, 0.6) is 0 Å². The highest BCUT2D eigenvalue weighted by molar-refractivity contribution is 8.00. The number of aromatic nitrogens is 4. The molecule has 24 heavy (non-hydrogen) atoms. The van der Waals surface area contributed by atoms with E-state index in [9.17, 15) is 4.79 Å². The number of thioether (sulfide) groups is 1. The first-order valence-corrected chi connectivity index (χ1v) is 9.40. The summed E-state index contributed by atoms with van der Waals surface area (Å²) in [5.41, 5.74) is 2.20. The smallest absolute Gasteiger partial charge is 0.192 e. The molecule has 5 nitrogen and oxygen atoms in total. The van der Waals surface area contributed by atoms with Crippen LogP contribution in [-0.2, 0) is 4.79 Å². The number of benzene rings is 1. The van der Waals surface area contributed by atoms with E-state index in [1.54, 1.807) is 11.8 Å². The Morgan fingerprint density at radius 3 is 2.83 bits per heavy atom. The van der Waals surface area contributed by atoms with Gasteiger partial charge in [0.1, 0.15) is 5.78 Å². The van der Waals surface area contributed by atoms with E-state index in [2.05, 4.69) is 31.9 Å². The maximum absolute atomic E-state index is 12.0. The highest BCUT2D eigenvalue weighted by atomic mass is 32.2. The van der Waals surface area contributed by atoms with Crippen LogP contribution in [0.1, 0.15) is 38.1 Å². The number of para-hydroxylation sites is 1. The van der Waals surface area contributed by atoms with Crippen LogP contribution < -0.4 is 0 Å². The van der Waals surface area contributed by atoms with Gasteiger partial charge in [0.15, 0.2) is 11.0 Å². The van der Waals surface area contributed by atoms with Gasteiger partial charge in [-0.2, -0.15) is 0 Å². The Bertz CT molecular complexity index is 924.